The molecule has 3 N–H and O–H groups in total. The summed E-state index contributed by atoms with van der Waals surface area (Å²) in [6.45, 7) is 5.51. The highest BCUT2D eigenvalue weighted by molar-refractivity contribution is 5.85. The van der Waals surface area contributed by atoms with Crippen molar-refractivity contribution < 1.29 is 4.79 Å². The summed E-state index contributed by atoms with van der Waals surface area (Å²) < 4.78 is 0. The molecule has 2 heterocycles. The van der Waals surface area contributed by atoms with Crippen molar-refractivity contribution in [3.8, 4) is 0 Å². The third kappa shape index (κ3) is 1.87. The van der Waals surface area contributed by atoms with Crippen LogP contribution in [0.15, 0.2) is 0 Å². The summed E-state index contributed by atoms with van der Waals surface area (Å²) in [4.78, 5) is 16.1. The molecule has 0 aliphatic carbocycles. The number of nitrogens with zero attached hydrogens (tertiary/aromatic N) is 2. The number of likely N-dealkylation sites (N-methyl/N-ethyl adjacent to an activating group) is 1. The van der Waals surface area contributed by atoms with E-state index in [2.05, 4.69) is 15.1 Å². The van der Waals surface area contributed by atoms with Gasteiger partial charge in [0.15, 0.2) is 0 Å². The number of hydrogen-bond acceptors (Lipinski definition) is 4. The van der Waals surface area contributed by atoms with E-state index in [4.69, 9.17) is 5.73 Å². The molecular weight excluding hydrogens is 192 g/mol. The van der Waals surface area contributed by atoms with Crippen molar-refractivity contribution in [2.24, 2.45) is 5.73 Å². The lowest BCUT2D eigenvalue weighted by Gasteiger charge is -2.41. The molecule has 2 rings (SSSR count). The number of likely N-dealkylation sites (tertiary alicyclic amines) is 1. The van der Waals surface area contributed by atoms with Crippen LogP contribution < -0.4 is 11.1 Å². The van der Waals surface area contributed by atoms with Gasteiger partial charge in [0.25, 0.3) is 0 Å². The van der Waals surface area contributed by atoms with E-state index in [-0.39, 0.29) is 5.91 Å². The standard InChI is InChI=1S/C10H20N4O/c1-13-5-2-10(8-13,9(11)15)14-6-3-12-4-7-14/h12H,2-8H2,1H3,(H2,11,15). The monoisotopic (exact) mass is 212 g/mol. The predicted molar refractivity (Wildman–Crippen MR) is 58.5 cm³/mol. The minimum absolute atomic E-state index is 0.159. The molecule has 0 aromatic heterocycles. The van der Waals surface area contributed by atoms with Crippen molar-refractivity contribution in [1.29, 1.82) is 0 Å². The van der Waals surface area contributed by atoms with Crippen molar-refractivity contribution in [2.75, 3.05) is 46.3 Å². The Balaban J connectivity index is 2.14. The average Bonchev–Trinajstić information content (AvgIpc) is 2.63. The molecule has 0 radical (unpaired) electrons. The predicted octanol–water partition coefficient (Wildman–Crippen LogP) is -1.55. The molecule has 1 unspecified atom stereocenters. The average molecular weight is 212 g/mol. The molecule has 0 spiro atoms. The highest BCUT2D eigenvalue weighted by Gasteiger charge is 2.46. The van der Waals surface area contributed by atoms with Crippen LogP contribution in [0.1, 0.15) is 6.42 Å². The SMILES string of the molecule is CN1CCC(C(N)=O)(N2CCNCC2)C1. The van der Waals surface area contributed by atoms with Gasteiger partial charge in [-0.05, 0) is 13.5 Å². The van der Waals surface area contributed by atoms with Gasteiger partial charge in [0.05, 0.1) is 0 Å². The molecule has 86 valence electrons. The van der Waals surface area contributed by atoms with Gasteiger partial charge in [-0.3, -0.25) is 9.69 Å². The van der Waals surface area contributed by atoms with Gasteiger partial charge in [0, 0.05) is 39.3 Å². The fraction of sp³-hybridized carbons (Fsp3) is 0.900. The normalized spacial score (nSPS) is 34.5. The molecule has 2 aliphatic rings. The second kappa shape index (κ2) is 4.08. The van der Waals surface area contributed by atoms with Crippen LogP contribution >= 0.6 is 0 Å². The molecule has 0 saturated carbocycles. The quantitative estimate of drug-likeness (QED) is 0.582. The first-order valence-electron chi connectivity index (χ1n) is 5.59. The third-order valence-electron chi connectivity index (χ3n) is 3.62. The molecule has 0 bridgehead atoms. The summed E-state index contributed by atoms with van der Waals surface area (Å²) in [5.41, 5.74) is 5.19. The Morgan fingerprint density at radius 1 is 1.33 bits per heavy atom. The van der Waals surface area contributed by atoms with Gasteiger partial charge in [-0.1, -0.05) is 0 Å². The van der Waals surface area contributed by atoms with Crippen molar-refractivity contribution in [2.45, 2.75) is 12.0 Å². The van der Waals surface area contributed by atoms with Crippen LogP contribution in [0, 0.1) is 0 Å². The number of rotatable bonds is 2. The topological polar surface area (TPSA) is 61.6 Å². The van der Waals surface area contributed by atoms with Crippen LogP contribution in [0.3, 0.4) is 0 Å². The summed E-state index contributed by atoms with van der Waals surface area (Å²) in [6.07, 6.45) is 0.874. The maximum absolute atomic E-state index is 11.7. The first-order valence-corrected chi connectivity index (χ1v) is 5.59. The number of piperazine rings is 1. The van der Waals surface area contributed by atoms with E-state index in [1.54, 1.807) is 0 Å². The number of primary amides is 1. The third-order valence-corrected chi connectivity index (χ3v) is 3.62. The fourth-order valence-corrected chi connectivity index (χ4v) is 2.69. The highest BCUT2D eigenvalue weighted by atomic mass is 16.1. The zero-order valence-electron chi connectivity index (χ0n) is 9.33. The van der Waals surface area contributed by atoms with Gasteiger partial charge in [-0.15, -0.1) is 0 Å². The molecular formula is C10H20N4O. The van der Waals surface area contributed by atoms with Crippen LogP contribution in [0.2, 0.25) is 0 Å². The second-order valence-corrected chi connectivity index (χ2v) is 4.62. The zero-order chi connectivity index (χ0) is 10.9. The molecule has 5 nitrogen and oxygen atoms in total. The van der Waals surface area contributed by atoms with Crippen LogP contribution in [0.5, 0.6) is 0 Å². The molecule has 2 aliphatic heterocycles. The van der Waals surface area contributed by atoms with E-state index in [9.17, 15) is 4.79 Å². The minimum Gasteiger partial charge on any atom is -0.368 e. The molecule has 1 atom stereocenters. The smallest absolute Gasteiger partial charge is 0.239 e. The minimum atomic E-state index is -0.406. The highest BCUT2D eigenvalue weighted by Crippen LogP contribution is 2.27. The molecule has 0 aromatic rings. The molecule has 2 fully saturated rings. The van der Waals surface area contributed by atoms with Crippen LogP contribution in [-0.2, 0) is 4.79 Å². The van der Waals surface area contributed by atoms with E-state index in [0.717, 1.165) is 45.7 Å². The van der Waals surface area contributed by atoms with E-state index >= 15 is 0 Å². The summed E-state index contributed by atoms with van der Waals surface area (Å²) in [7, 11) is 2.05. The first-order chi connectivity index (χ1) is 7.15. The fourth-order valence-electron chi connectivity index (χ4n) is 2.69. The van der Waals surface area contributed by atoms with Crippen LogP contribution in [0.4, 0.5) is 0 Å². The van der Waals surface area contributed by atoms with E-state index in [0.29, 0.717) is 0 Å². The number of amides is 1. The Bertz CT molecular complexity index is 252. The van der Waals surface area contributed by atoms with Crippen molar-refractivity contribution in [3.63, 3.8) is 0 Å². The summed E-state index contributed by atoms with van der Waals surface area (Å²) in [6, 6.07) is 0. The summed E-state index contributed by atoms with van der Waals surface area (Å²) >= 11 is 0. The van der Waals surface area contributed by atoms with Crippen LogP contribution in [-0.4, -0.2) is 67.6 Å². The van der Waals surface area contributed by atoms with Crippen molar-refractivity contribution in [3.05, 3.63) is 0 Å². The number of carbonyl (C=O) groups excluding carboxylic acids is 1. The lowest BCUT2D eigenvalue weighted by Crippen LogP contribution is -2.63. The lowest BCUT2D eigenvalue weighted by molar-refractivity contribution is -0.130. The Morgan fingerprint density at radius 2 is 2.00 bits per heavy atom. The van der Waals surface area contributed by atoms with Crippen molar-refractivity contribution >= 4 is 5.91 Å². The maximum atomic E-state index is 11.7. The lowest BCUT2D eigenvalue weighted by atomic mass is 9.94. The van der Waals surface area contributed by atoms with E-state index in [1.807, 2.05) is 7.05 Å². The Morgan fingerprint density at radius 3 is 2.47 bits per heavy atom. The Hall–Kier alpha value is -0.650. The van der Waals surface area contributed by atoms with E-state index < -0.39 is 5.54 Å². The Labute approximate surface area is 90.6 Å². The van der Waals surface area contributed by atoms with Gasteiger partial charge >= 0.3 is 0 Å². The van der Waals surface area contributed by atoms with Gasteiger partial charge in [-0.2, -0.15) is 0 Å². The largest absolute Gasteiger partial charge is 0.368 e. The number of carbonyl (C=O) groups is 1. The number of nitrogens with one attached hydrogen (secondary N) is 1. The molecule has 0 aromatic carbocycles. The second-order valence-electron chi connectivity index (χ2n) is 4.62. The van der Waals surface area contributed by atoms with Gasteiger partial charge in [-0.25, -0.2) is 0 Å². The molecule has 1 amide bonds. The zero-order valence-corrected chi connectivity index (χ0v) is 9.33. The molecule has 5 heteroatoms. The molecule has 2 saturated heterocycles. The summed E-state index contributed by atoms with van der Waals surface area (Å²) in [5.74, 6) is -0.159. The number of nitrogens with two attached hydrogens (primary N) is 1. The number of hydrogen-bond donors (Lipinski definition) is 2. The van der Waals surface area contributed by atoms with Gasteiger partial charge in [0.1, 0.15) is 5.54 Å². The van der Waals surface area contributed by atoms with Crippen LogP contribution in [0.25, 0.3) is 0 Å². The van der Waals surface area contributed by atoms with Gasteiger partial charge < -0.3 is 16.0 Å². The first kappa shape index (κ1) is 10.9. The van der Waals surface area contributed by atoms with Crippen molar-refractivity contribution in [1.82, 2.24) is 15.1 Å². The van der Waals surface area contributed by atoms with E-state index in [1.165, 1.54) is 0 Å². The summed E-state index contributed by atoms with van der Waals surface area (Å²) in [5, 5.41) is 3.30. The molecule has 15 heavy (non-hydrogen) atoms. The van der Waals surface area contributed by atoms with Gasteiger partial charge in [0.2, 0.25) is 5.91 Å². The maximum Gasteiger partial charge on any atom is 0.239 e. The Kier molecular flexibility index (Phi) is 2.95.